The topological polar surface area (TPSA) is 69.6 Å². The lowest BCUT2D eigenvalue weighted by atomic mass is 9.84. The first-order valence-electron chi connectivity index (χ1n) is 10.6. The number of piperidine rings is 1. The van der Waals surface area contributed by atoms with Crippen LogP contribution in [0.5, 0.6) is 0 Å². The molecule has 3 aliphatic rings. The molecule has 1 aliphatic carbocycles. The number of amides is 1. The average Bonchev–Trinajstić information content (AvgIpc) is 3.43. The first-order chi connectivity index (χ1) is 14.2. The van der Waals surface area contributed by atoms with E-state index in [0.717, 1.165) is 48.1 Å². The standard InChI is InChI=1S/C22H27N5OS/c28-19(15-17-7-4-14-29-17)27-12-9-22(10-13-27)21(24-16-5-1-2-6-16)25-20-18(26-22)8-3-11-23-20/h3-4,7-8,11,14,16,26H,1-2,5-6,9-10,12-13,15H2,(H,23,24,25). The maximum absolute atomic E-state index is 12.8. The molecule has 2 N–H and O–H groups in total. The van der Waals surface area contributed by atoms with Crippen molar-refractivity contribution in [2.75, 3.05) is 23.7 Å². The van der Waals surface area contributed by atoms with Gasteiger partial charge in [-0.05, 0) is 49.3 Å². The van der Waals surface area contributed by atoms with Gasteiger partial charge in [-0.2, -0.15) is 0 Å². The van der Waals surface area contributed by atoms with Crippen LogP contribution in [0.15, 0.2) is 40.8 Å². The van der Waals surface area contributed by atoms with Crippen molar-refractivity contribution >= 4 is 34.6 Å². The minimum absolute atomic E-state index is 0.224. The van der Waals surface area contributed by atoms with E-state index in [1.165, 1.54) is 25.7 Å². The van der Waals surface area contributed by atoms with Crippen LogP contribution in [0.25, 0.3) is 0 Å². The zero-order valence-electron chi connectivity index (χ0n) is 16.6. The van der Waals surface area contributed by atoms with Gasteiger partial charge in [0.05, 0.1) is 23.7 Å². The van der Waals surface area contributed by atoms with Gasteiger partial charge in [-0.25, -0.2) is 4.98 Å². The monoisotopic (exact) mass is 409 g/mol. The largest absolute Gasteiger partial charge is 0.370 e. The van der Waals surface area contributed by atoms with Crippen LogP contribution in [0.3, 0.4) is 0 Å². The molecule has 2 aliphatic heterocycles. The molecule has 2 aromatic rings. The van der Waals surface area contributed by atoms with Crippen molar-refractivity contribution in [3.05, 3.63) is 40.7 Å². The van der Waals surface area contributed by atoms with Gasteiger partial charge < -0.3 is 15.5 Å². The number of fused-ring (bicyclic) bond motifs is 1. The smallest absolute Gasteiger partial charge is 0.227 e. The van der Waals surface area contributed by atoms with Crippen molar-refractivity contribution in [2.24, 2.45) is 4.99 Å². The number of aliphatic imine (C=N–C) groups is 1. The van der Waals surface area contributed by atoms with Crippen LogP contribution in [0, 0.1) is 0 Å². The Labute approximate surface area is 175 Å². The lowest BCUT2D eigenvalue weighted by Crippen LogP contribution is -2.59. The zero-order chi connectivity index (χ0) is 19.7. The molecule has 1 saturated carbocycles. The molecule has 0 atom stereocenters. The molecule has 0 aromatic carbocycles. The molecule has 4 heterocycles. The summed E-state index contributed by atoms with van der Waals surface area (Å²) in [5, 5.41) is 9.32. The molecule has 5 rings (SSSR count). The Morgan fingerprint density at radius 2 is 2.07 bits per heavy atom. The summed E-state index contributed by atoms with van der Waals surface area (Å²) in [7, 11) is 0. The second-order valence-corrected chi connectivity index (χ2v) is 9.32. The quantitative estimate of drug-likeness (QED) is 0.806. The number of aromatic nitrogens is 1. The summed E-state index contributed by atoms with van der Waals surface area (Å²) in [5.74, 6) is 2.09. The fraction of sp³-hybridized carbons (Fsp3) is 0.500. The summed E-state index contributed by atoms with van der Waals surface area (Å²) in [4.78, 5) is 25.5. The van der Waals surface area contributed by atoms with Crippen LogP contribution in [-0.2, 0) is 11.2 Å². The molecular formula is C22H27N5OS. The number of hydrogen-bond donors (Lipinski definition) is 2. The van der Waals surface area contributed by atoms with Gasteiger partial charge in [-0.15, -0.1) is 11.3 Å². The highest BCUT2D eigenvalue weighted by atomic mass is 32.1. The van der Waals surface area contributed by atoms with Crippen LogP contribution in [0.2, 0.25) is 0 Å². The van der Waals surface area contributed by atoms with Crippen LogP contribution in [0.4, 0.5) is 11.5 Å². The first kappa shape index (κ1) is 18.6. The van der Waals surface area contributed by atoms with Gasteiger partial charge in [0, 0.05) is 24.2 Å². The van der Waals surface area contributed by atoms with E-state index in [1.54, 1.807) is 11.3 Å². The Hall–Kier alpha value is -2.41. The van der Waals surface area contributed by atoms with Crippen molar-refractivity contribution in [1.82, 2.24) is 9.88 Å². The lowest BCUT2D eigenvalue weighted by Gasteiger charge is -2.46. The highest BCUT2D eigenvalue weighted by Gasteiger charge is 2.44. The number of likely N-dealkylation sites (tertiary alicyclic amines) is 1. The second kappa shape index (κ2) is 7.78. The summed E-state index contributed by atoms with van der Waals surface area (Å²) >= 11 is 1.65. The summed E-state index contributed by atoms with van der Waals surface area (Å²) in [6.07, 6.45) is 8.90. The molecule has 0 unspecified atom stereocenters. The van der Waals surface area contributed by atoms with Gasteiger partial charge in [0.15, 0.2) is 5.82 Å². The molecule has 2 fully saturated rings. The SMILES string of the molecule is O=C(Cc1cccs1)N1CCC2(CC1)Nc1cccnc1NC2=NC1CCCC1. The van der Waals surface area contributed by atoms with Crippen molar-refractivity contribution in [1.29, 1.82) is 0 Å². The van der Waals surface area contributed by atoms with Crippen LogP contribution in [0.1, 0.15) is 43.4 Å². The van der Waals surface area contributed by atoms with E-state index in [4.69, 9.17) is 4.99 Å². The highest BCUT2D eigenvalue weighted by molar-refractivity contribution is 7.10. The number of nitrogens with one attached hydrogen (secondary N) is 2. The summed E-state index contributed by atoms with van der Waals surface area (Å²) in [6, 6.07) is 8.47. The number of carbonyl (C=O) groups excluding carboxylic acids is 1. The molecule has 1 saturated heterocycles. The molecule has 2 aromatic heterocycles. The third-order valence-electron chi connectivity index (χ3n) is 6.38. The molecular weight excluding hydrogens is 382 g/mol. The fourth-order valence-corrected chi connectivity index (χ4v) is 5.40. The van der Waals surface area contributed by atoms with Gasteiger partial charge >= 0.3 is 0 Å². The van der Waals surface area contributed by atoms with E-state index in [9.17, 15) is 4.79 Å². The van der Waals surface area contributed by atoms with E-state index in [0.29, 0.717) is 12.5 Å². The van der Waals surface area contributed by atoms with Crippen molar-refractivity contribution < 1.29 is 4.79 Å². The van der Waals surface area contributed by atoms with Gasteiger partial charge in [0.25, 0.3) is 0 Å². The first-order valence-corrected chi connectivity index (χ1v) is 11.5. The second-order valence-electron chi connectivity index (χ2n) is 8.28. The van der Waals surface area contributed by atoms with E-state index in [-0.39, 0.29) is 11.4 Å². The summed E-state index contributed by atoms with van der Waals surface area (Å²) < 4.78 is 0. The number of hydrogen-bond acceptors (Lipinski definition) is 5. The molecule has 7 heteroatoms. The number of rotatable bonds is 3. The number of anilines is 2. The van der Waals surface area contributed by atoms with Crippen LogP contribution >= 0.6 is 11.3 Å². The fourth-order valence-electron chi connectivity index (χ4n) is 4.70. The zero-order valence-corrected chi connectivity index (χ0v) is 17.4. The van der Waals surface area contributed by atoms with Crippen molar-refractivity contribution in [2.45, 2.75) is 56.5 Å². The molecule has 0 radical (unpaired) electrons. The average molecular weight is 410 g/mol. The van der Waals surface area contributed by atoms with Crippen LogP contribution in [-0.4, -0.2) is 46.3 Å². The Bertz CT molecular complexity index is 896. The molecule has 29 heavy (non-hydrogen) atoms. The Kier molecular flexibility index (Phi) is 4.99. The molecule has 152 valence electrons. The van der Waals surface area contributed by atoms with E-state index < -0.39 is 0 Å². The maximum Gasteiger partial charge on any atom is 0.227 e. The maximum atomic E-state index is 12.8. The Morgan fingerprint density at radius 1 is 1.24 bits per heavy atom. The minimum atomic E-state index is -0.238. The van der Waals surface area contributed by atoms with Crippen molar-refractivity contribution in [3.63, 3.8) is 0 Å². The Balaban J connectivity index is 1.35. The van der Waals surface area contributed by atoms with E-state index in [2.05, 4.69) is 21.7 Å². The van der Waals surface area contributed by atoms with Gasteiger partial charge in [0.2, 0.25) is 5.91 Å². The third-order valence-corrected chi connectivity index (χ3v) is 7.26. The highest BCUT2D eigenvalue weighted by Crippen LogP contribution is 2.37. The number of pyridine rings is 1. The lowest BCUT2D eigenvalue weighted by molar-refractivity contribution is -0.131. The van der Waals surface area contributed by atoms with Gasteiger partial charge in [-0.1, -0.05) is 18.9 Å². The van der Waals surface area contributed by atoms with E-state index in [1.807, 2.05) is 34.7 Å². The minimum Gasteiger partial charge on any atom is -0.370 e. The summed E-state index contributed by atoms with van der Waals surface area (Å²) in [5.41, 5.74) is 0.787. The normalized spacial score (nSPS) is 22.3. The number of carbonyl (C=O) groups is 1. The predicted molar refractivity (Wildman–Crippen MR) is 118 cm³/mol. The van der Waals surface area contributed by atoms with Crippen LogP contribution < -0.4 is 10.6 Å². The van der Waals surface area contributed by atoms with Gasteiger partial charge in [0.1, 0.15) is 5.84 Å². The number of thiophene rings is 1. The molecule has 6 nitrogen and oxygen atoms in total. The molecule has 1 spiro atoms. The van der Waals surface area contributed by atoms with Gasteiger partial charge in [-0.3, -0.25) is 9.79 Å². The number of nitrogens with zero attached hydrogens (tertiary/aromatic N) is 3. The number of amidine groups is 1. The molecule has 0 bridgehead atoms. The molecule has 1 amide bonds. The Morgan fingerprint density at radius 3 is 2.83 bits per heavy atom. The predicted octanol–water partition coefficient (Wildman–Crippen LogP) is 3.93. The summed E-state index contributed by atoms with van der Waals surface area (Å²) in [6.45, 7) is 1.50. The van der Waals surface area contributed by atoms with E-state index >= 15 is 0 Å². The van der Waals surface area contributed by atoms with Crippen molar-refractivity contribution in [3.8, 4) is 0 Å². The third kappa shape index (κ3) is 3.75.